The number of benzene rings is 1. The summed E-state index contributed by atoms with van der Waals surface area (Å²) in [6, 6.07) is 6.50. The third-order valence-electron chi connectivity index (χ3n) is 3.13. The van der Waals surface area contributed by atoms with Gasteiger partial charge < -0.3 is 5.32 Å². The molecule has 0 spiro atoms. The van der Waals surface area contributed by atoms with Crippen molar-refractivity contribution in [2.45, 2.75) is 34.1 Å². The van der Waals surface area contributed by atoms with Crippen molar-refractivity contribution in [3.63, 3.8) is 0 Å². The van der Waals surface area contributed by atoms with Crippen LogP contribution in [0.1, 0.15) is 30.2 Å². The van der Waals surface area contributed by atoms with Crippen molar-refractivity contribution in [1.82, 2.24) is 9.55 Å². The lowest BCUT2D eigenvalue weighted by molar-refractivity contribution is 0.936. The van der Waals surface area contributed by atoms with Gasteiger partial charge in [-0.3, -0.25) is 4.57 Å². The summed E-state index contributed by atoms with van der Waals surface area (Å²) >= 11 is 0. The van der Waals surface area contributed by atoms with E-state index < -0.39 is 0 Å². The molecule has 0 radical (unpaired) electrons. The van der Waals surface area contributed by atoms with Crippen LogP contribution in [-0.2, 0) is 0 Å². The summed E-state index contributed by atoms with van der Waals surface area (Å²) in [6.45, 7) is 9.40. The van der Waals surface area contributed by atoms with Crippen molar-refractivity contribution in [3.8, 4) is 5.69 Å². The molecular weight excluding hydrogens is 222 g/mol. The van der Waals surface area contributed by atoms with Gasteiger partial charge in [-0.1, -0.05) is 13.0 Å². The molecule has 2 rings (SSSR count). The van der Waals surface area contributed by atoms with Crippen molar-refractivity contribution >= 4 is 5.95 Å². The van der Waals surface area contributed by atoms with Gasteiger partial charge in [0.25, 0.3) is 0 Å². The van der Waals surface area contributed by atoms with Crippen molar-refractivity contribution in [1.29, 1.82) is 0 Å². The summed E-state index contributed by atoms with van der Waals surface area (Å²) in [7, 11) is 0. The highest BCUT2D eigenvalue weighted by Crippen LogP contribution is 2.19. The molecule has 0 amide bonds. The van der Waals surface area contributed by atoms with E-state index in [1.165, 1.54) is 11.1 Å². The highest BCUT2D eigenvalue weighted by atomic mass is 15.2. The van der Waals surface area contributed by atoms with Crippen LogP contribution in [0.15, 0.2) is 24.4 Å². The van der Waals surface area contributed by atoms with E-state index >= 15 is 0 Å². The zero-order chi connectivity index (χ0) is 13.1. The standard InChI is InChI=1S/C15H21N3/c1-5-8-16-15-17-13(4)10-18(15)14-7-6-11(2)12(3)9-14/h6-7,9-10H,5,8H2,1-4H3,(H,16,17). The van der Waals surface area contributed by atoms with Crippen LogP contribution >= 0.6 is 0 Å². The second-order valence-corrected chi connectivity index (χ2v) is 4.77. The maximum Gasteiger partial charge on any atom is 0.207 e. The maximum atomic E-state index is 4.53. The van der Waals surface area contributed by atoms with Gasteiger partial charge in [-0.05, 0) is 50.5 Å². The van der Waals surface area contributed by atoms with E-state index in [9.17, 15) is 0 Å². The summed E-state index contributed by atoms with van der Waals surface area (Å²) in [5, 5.41) is 3.37. The highest BCUT2D eigenvalue weighted by Gasteiger charge is 2.07. The molecule has 0 aliphatic heterocycles. The molecule has 18 heavy (non-hydrogen) atoms. The first-order valence-electron chi connectivity index (χ1n) is 6.49. The van der Waals surface area contributed by atoms with E-state index in [0.29, 0.717) is 0 Å². The first kappa shape index (κ1) is 12.7. The molecule has 0 saturated carbocycles. The molecule has 0 fully saturated rings. The Kier molecular flexibility index (Phi) is 3.70. The van der Waals surface area contributed by atoms with Crippen LogP contribution in [-0.4, -0.2) is 16.1 Å². The number of aryl methyl sites for hydroxylation is 3. The number of imidazole rings is 1. The Balaban J connectivity index is 2.39. The van der Waals surface area contributed by atoms with E-state index in [4.69, 9.17) is 0 Å². The molecule has 3 nitrogen and oxygen atoms in total. The molecule has 96 valence electrons. The fraction of sp³-hybridized carbons (Fsp3) is 0.400. The SMILES string of the molecule is CCCNc1nc(C)cn1-c1ccc(C)c(C)c1. The molecule has 1 aromatic carbocycles. The van der Waals surface area contributed by atoms with Crippen molar-refractivity contribution in [3.05, 3.63) is 41.2 Å². The maximum absolute atomic E-state index is 4.53. The van der Waals surface area contributed by atoms with Gasteiger partial charge in [0.05, 0.1) is 5.69 Å². The Morgan fingerprint density at radius 2 is 1.94 bits per heavy atom. The molecule has 0 aliphatic carbocycles. The number of nitrogens with one attached hydrogen (secondary N) is 1. The van der Waals surface area contributed by atoms with Gasteiger partial charge in [0, 0.05) is 18.4 Å². The third kappa shape index (κ3) is 2.55. The summed E-state index contributed by atoms with van der Waals surface area (Å²) in [4.78, 5) is 4.53. The van der Waals surface area contributed by atoms with Crippen molar-refractivity contribution in [2.24, 2.45) is 0 Å². The Bertz CT molecular complexity index is 541. The molecule has 0 aliphatic rings. The van der Waals surface area contributed by atoms with Crippen LogP contribution in [0.5, 0.6) is 0 Å². The van der Waals surface area contributed by atoms with E-state index in [0.717, 1.165) is 30.3 Å². The summed E-state index contributed by atoms with van der Waals surface area (Å²) in [5.74, 6) is 0.928. The summed E-state index contributed by atoms with van der Waals surface area (Å²) in [5.41, 5.74) is 4.82. The summed E-state index contributed by atoms with van der Waals surface area (Å²) < 4.78 is 2.12. The topological polar surface area (TPSA) is 29.9 Å². The van der Waals surface area contributed by atoms with Gasteiger partial charge in [-0.25, -0.2) is 4.98 Å². The molecule has 0 atom stereocenters. The average molecular weight is 243 g/mol. The molecular formula is C15H21N3. The second-order valence-electron chi connectivity index (χ2n) is 4.77. The zero-order valence-electron chi connectivity index (χ0n) is 11.6. The second kappa shape index (κ2) is 5.25. The number of anilines is 1. The minimum absolute atomic E-state index is 0.928. The van der Waals surface area contributed by atoms with E-state index in [1.54, 1.807) is 0 Å². The smallest absolute Gasteiger partial charge is 0.207 e. The van der Waals surface area contributed by atoms with E-state index in [1.807, 2.05) is 6.92 Å². The summed E-state index contributed by atoms with van der Waals surface area (Å²) in [6.07, 6.45) is 3.17. The molecule has 1 heterocycles. The van der Waals surface area contributed by atoms with Crippen LogP contribution in [0.25, 0.3) is 5.69 Å². The molecule has 1 N–H and O–H groups in total. The Morgan fingerprint density at radius 1 is 1.17 bits per heavy atom. The lowest BCUT2D eigenvalue weighted by Gasteiger charge is -2.10. The first-order chi connectivity index (χ1) is 8.61. The number of hydrogen-bond donors (Lipinski definition) is 1. The Morgan fingerprint density at radius 3 is 2.61 bits per heavy atom. The molecule has 2 aromatic rings. The molecule has 0 unspecified atom stereocenters. The van der Waals surface area contributed by atoms with Gasteiger partial charge in [0.1, 0.15) is 0 Å². The molecule has 3 heteroatoms. The molecule has 0 bridgehead atoms. The van der Waals surface area contributed by atoms with Gasteiger partial charge >= 0.3 is 0 Å². The fourth-order valence-corrected chi connectivity index (χ4v) is 1.93. The predicted molar refractivity (Wildman–Crippen MR) is 76.6 cm³/mol. The number of nitrogens with zero attached hydrogens (tertiary/aromatic N) is 2. The first-order valence-corrected chi connectivity index (χ1v) is 6.49. The van der Waals surface area contributed by atoms with Crippen LogP contribution in [0, 0.1) is 20.8 Å². The van der Waals surface area contributed by atoms with Gasteiger partial charge in [-0.15, -0.1) is 0 Å². The van der Waals surface area contributed by atoms with Crippen molar-refractivity contribution < 1.29 is 0 Å². The van der Waals surface area contributed by atoms with Crippen LogP contribution < -0.4 is 5.32 Å². The van der Waals surface area contributed by atoms with Gasteiger partial charge in [0.15, 0.2) is 0 Å². The minimum atomic E-state index is 0.928. The third-order valence-corrected chi connectivity index (χ3v) is 3.13. The molecule has 0 saturated heterocycles. The molecule has 1 aromatic heterocycles. The fourth-order valence-electron chi connectivity index (χ4n) is 1.93. The number of rotatable bonds is 4. The monoisotopic (exact) mass is 243 g/mol. The Hall–Kier alpha value is -1.77. The number of hydrogen-bond acceptors (Lipinski definition) is 2. The quantitative estimate of drug-likeness (QED) is 0.888. The van der Waals surface area contributed by atoms with E-state index in [-0.39, 0.29) is 0 Å². The highest BCUT2D eigenvalue weighted by molar-refractivity contribution is 5.46. The number of aromatic nitrogens is 2. The van der Waals surface area contributed by atoms with Gasteiger partial charge in [0.2, 0.25) is 5.95 Å². The van der Waals surface area contributed by atoms with Crippen LogP contribution in [0.3, 0.4) is 0 Å². The normalized spacial score (nSPS) is 10.7. The minimum Gasteiger partial charge on any atom is -0.355 e. The Labute approximate surface area is 109 Å². The average Bonchev–Trinajstić information content (AvgIpc) is 2.71. The van der Waals surface area contributed by atoms with Gasteiger partial charge in [-0.2, -0.15) is 0 Å². The van der Waals surface area contributed by atoms with Crippen LogP contribution in [0.4, 0.5) is 5.95 Å². The van der Waals surface area contributed by atoms with E-state index in [2.05, 4.69) is 60.0 Å². The van der Waals surface area contributed by atoms with Crippen LogP contribution in [0.2, 0.25) is 0 Å². The van der Waals surface area contributed by atoms with Crippen molar-refractivity contribution in [2.75, 3.05) is 11.9 Å². The zero-order valence-corrected chi connectivity index (χ0v) is 11.6. The largest absolute Gasteiger partial charge is 0.355 e. The predicted octanol–water partition coefficient (Wildman–Crippen LogP) is 3.62. The lowest BCUT2D eigenvalue weighted by atomic mass is 10.1. The lowest BCUT2D eigenvalue weighted by Crippen LogP contribution is -2.06.